The summed E-state index contributed by atoms with van der Waals surface area (Å²) >= 11 is 0. The number of nitrogens with zero attached hydrogens (tertiary/aromatic N) is 3. The Balaban J connectivity index is 1.51. The van der Waals surface area contributed by atoms with Crippen LogP contribution >= 0.6 is 0 Å². The van der Waals surface area contributed by atoms with Crippen molar-refractivity contribution in [1.29, 1.82) is 0 Å². The molecule has 1 saturated heterocycles. The van der Waals surface area contributed by atoms with E-state index in [4.69, 9.17) is 14.5 Å². The van der Waals surface area contributed by atoms with E-state index < -0.39 is 6.09 Å². The molecule has 0 spiro atoms. The van der Waals surface area contributed by atoms with Crippen molar-refractivity contribution in [2.45, 2.75) is 6.42 Å². The quantitative estimate of drug-likeness (QED) is 0.731. The minimum absolute atomic E-state index is 0.547. The first-order valence-corrected chi connectivity index (χ1v) is 9.51. The Morgan fingerprint density at radius 1 is 0.929 bits per heavy atom. The Kier molecular flexibility index (Phi) is 5.39. The Hall–Kier alpha value is -3.12. The van der Waals surface area contributed by atoms with Gasteiger partial charge in [0.05, 0.1) is 0 Å². The molecule has 1 aliphatic heterocycles. The van der Waals surface area contributed by atoms with Gasteiger partial charge in [0.2, 0.25) is 0 Å². The van der Waals surface area contributed by atoms with E-state index in [1.54, 1.807) is 0 Å². The maximum Gasteiger partial charge on any atom is 0.407 e. The number of aromatic nitrogens is 1. The fraction of sp³-hybridized carbons (Fsp3) is 0.273. The lowest BCUT2D eigenvalue weighted by Crippen LogP contribution is -2.48. The average Bonchev–Trinajstić information content (AvgIpc) is 3.18. The molecule has 4 rings (SSSR count). The normalized spacial score (nSPS) is 14.9. The summed E-state index contributed by atoms with van der Waals surface area (Å²) in [6.45, 7) is 3.38. The second kappa shape index (κ2) is 8.27. The second-order valence-corrected chi connectivity index (χ2v) is 6.88. The molecule has 0 radical (unpaired) electrons. The molecule has 1 aliphatic rings. The van der Waals surface area contributed by atoms with E-state index in [2.05, 4.69) is 4.90 Å². The van der Waals surface area contributed by atoms with Crippen LogP contribution in [0.2, 0.25) is 0 Å². The van der Waals surface area contributed by atoms with Gasteiger partial charge in [-0.05, 0) is 0 Å². The summed E-state index contributed by atoms with van der Waals surface area (Å²) in [5, 5.41) is 9.06. The van der Waals surface area contributed by atoms with Gasteiger partial charge in [-0.2, -0.15) is 0 Å². The molecule has 2 heterocycles. The molecule has 144 valence electrons. The molecule has 6 heteroatoms. The van der Waals surface area contributed by atoms with Gasteiger partial charge in [-0.15, -0.1) is 0 Å². The Labute approximate surface area is 164 Å². The molecule has 0 aliphatic carbocycles. The van der Waals surface area contributed by atoms with Crippen molar-refractivity contribution in [2.24, 2.45) is 0 Å². The summed E-state index contributed by atoms with van der Waals surface area (Å²) < 4.78 is 6.16. The van der Waals surface area contributed by atoms with Gasteiger partial charge in [-0.3, -0.25) is 4.90 Å². The van der Waals surface area contributed by atoms with Gasteiger partial charge in [0.1, 0.15) is 5.69 Å². The number of carbonyl (C=O) groups is 1. The highest BCUT2D eigenvalue weighted by Gasteiger charge is 2.21. The van der Waals surface area contributed by atoms with Crippen LogP contribution in [0.3, 0.4) is 0 Å². The minimum atomic E-state index is -0.840. The molecule has 1 aromatic heterocycles. The van der Waals surface area contributed by atoms with Gasteiger partial charge < -0.3 is 14.4 Å². The molecule has 0 unspecified atom stereocenters. The number of benzene rings is 2. The predicted octanol–water partition coefficient (Wildman–Crippen LogP) is 3.85. The van der Waals surface area contributed by atoms with Crippen molar-refractivity contribution in [1.82, 2.24) is 14.8 Å². The standard InChI is InChI=1S/C22H23N3O3/c26-22(27)25-15-13-24(14-16-25)12-11-19-23-20(17-7-3-1-4-8-17)21(28-19)18-9-5-2-6-10-18/h1-10H,11-16H2,(H,26,27). The number of oxazole rings is 1. The summed E-state index contributed by atoms with van der Waals surface area (Å²) in [5.74, 6) is 1.50. The monoisotopic (exact) mass is 377 g/mol. The van der Waals surface area contributed by atoms with Crippen LogP contribution in [0, 0.1) is 0 Å². The highest BCUT2D eigenvalue weighted by atomic mass is 16.4. The fourth-order valence-corrected chi connectivity index (χ4v) is 3.46. The molecular formula is C22H23N3O3. The summed E-state index contributed by atoms with van der Waals surface area (Å²) in [4.78, 5) is 19.5. The Bertz CT molecular complexity index is 860. The zero-order valence-corrected chi connectivity index (χ0v) is 15.6. The molecule has 28 heavy (non-hydrogen) atoms. The number of amides is 1. The highest BCUT2D eigenvalue weighted by Crippen LogP contribution is 2.32. The number of hydrogen-bond acceptors (Lipinski definition) is 4. The zero-order chi connectivity index (χ0) is 19.3. The molecular weight excluding hydrogens is 354 g/mol. The van der Waals surface area contributed by atoms with E-state index in [0.717, 1.165) is 42.2 Å². The van der Waals surface area contributed by atoms with Crippen molar-refractivity contribution in [2.75, 3.05) is 32.7 Å². The Morgan fingerprint density at radius 2 is 1.54 bits per heavy atom. The molecule has 1 amide bonds. The van der Waals surface area contributed by atoms with E-state index in [9.17, 15) is 4.79 Å². The number of carboxylic acid groups (broad SMARTS) is 1. The molecule has 6 nitrogen and oxygen atoms in total. The molecule has 0 saturated carbocycles. The third-order valence-corrected chi connectivity index (χ3v) is 5.04. The number of piperazine rings is 1. The minimum Gasteiger partial charge on any atom is -0.465 e. The average molecular weight is 377 g/mol. The van der Waals surface area contributed by atoms with Crippen molar-refractivity contribution < 1.29 is 14.3 Å². The van der Waals surface area contributed by atoms with E-state index in [1.165, 1.54) is 4.90 Å². The highest BCUT2D eigenvalue weighted by molar-refractivity contribution is 5.76. The van der Waals surface area contributed by atoms with Gasteiger partial charge >= 0.3 is 6.09 Å². The summed E-state index contributed by atoms with van der Waals surface area (Å²) in [6, 6.07) is 20.1. The first-order chi connectivity index (χ1) is 13.7. The Morgan fingerprint density at radius 3 is 2.14 bits per heavy atom. The predicted molar refractivity (Wildman–Crippen MR) is 107 cm³/mol. The molecule has 2 aromatic carbocycles. The van der Waals surface area contributed by atoms with E-state index in [-0.39, 0.29) is 0 Å². The topological polar surface area (TPSA) is 69.8 Å². The van der Waals surface area contributed by atoms with Crippen LogP contribution in [0.1, 0.15) is 5.89 Å². The molecule has 1 N–H and O–H groups in total. The van der Waals surface area contributed by atoms with Gasteiger partial charge in [-0.25, -0.2) is 9.78 Å². The summed E-state index contributed by atoms with van der Waals surface area (Å²) in [5.41, 5.74) is 2.90. The van der Waals surface area contributed by atoms with Gasteiger partial charge in [0, 0.05) is 50.3 Å². The van der Waals surface area contributed by atoms with Gasteiger partial charge in [-0.1, -0.05) is 60.7 Å². The zero-order valence-electron chi connectivity index (χ0n) is 15.6. The van der Waals surface area contributed by atoms with Crippen LogP contribution in [0.25, 0.3) is 22.6 Å². The summed E-state index contributed by atoms with van der Waals surface area (Å²) in [7, 11) is 0. The first kappa shape index (κ1) is 18.3. The van der Waals surface area contributed by atoms with E-state index in [1.807, 2.05) is 60.7 Å². The van der Waals surface area contributed by atoms with E-state index in [0.29, 0.717) is 25.4 Å². The van der Waals surface area contributed by atoms with Crippen LogP contribution in [0.5, 0.6) is 0 Å². The van der Waals surface area contributed by atoms with Crippen molar-refractivity contribution in [3.05, 3.63) is 66.6 Å². The lowest BCUT2D eigenvalue weighted by atomic mass is 10.1. The second-order valence-electron chi connectivity index (χ2n) is 6.88. The van der Waals surface area contributed by atoms with Crippen LogP contribution < -0.4 is 0 Å². The lowest BCUT2D eigenvalue weighted by Gasteiger charge is -2.32. The summed E-state index contributed by atoms with van der Waals surface area (Å²) in [6.07, 6.45) is -0.146. The lowest BCUT2D eigenvalue weighted by molar-refractivity contribution is 0.105. The maximum absolute atomic E-state index is 11.0. The smallest absolute Gasteiger partial charge is 0.407 e. The van der Waals surface area contributed by atoms with Crippen LogP contribution in [0.15, 0.2) is 65.1 Å². The first-order valence-electron chi connectivity index (χ1n) is 9.51. The SMILES string of the molecule is O=C(O)N1CCN(CCc2nc(-c3ccccc3)c(-c3ccccc3)o2)CC1. The van der Waals surface area contributed by atoms with Crippen LogP contribution in [-0.4, -0.2) is 58.7 Å². The largest absolute Gasteiger partial charge is 0.465 e. The van der Waals surface area contributed by atoms with Crippen molar-refractivity contribution in [3.63, 3.8) is 0 Å². The van der Waals surface area contributed by atoms with Gasteiger partial charge in [0.25, 0.3) is 0 Å². The number of hydrogen-bond donors (Lipinski definition) is 1. The molecule has 0 bridgehead atoms. The maximum atomic E-state index is 11.0. The third-order valence-electron chi connectivity index (χ3n) is 5.04. The molecule has 1 fully saturated rings. The molecule has 0 atom stereocenters. The van der Waals surface area contributed by atoms with Crippen molar-refractivity contribution >= 4 is 6.09 Å². The number of rotatable bonds is 5. The van der Waals surface area contributed by atoms with Gasteiger partial charge in [0.15, 0.2) is 11.7 Å². The van der Waals surface area contributed by atoms with E-state index >= 15 is 0 Å². The third kappa shape index (κ3) is 4.07. The van der Waals surface area contributed by atoms with Crippen molar-refractivity contribution in [3.8, 4) is 22.6 Å². The fourth-order valence-electron chi connectivity index (χ4n) is 3.46. The molecule has 3 aromatic rings. The van der Waals surface area contributed by atoms with Crippen LogP contribution in [0.4, 0.5) is 4.79 Å². The van der Waals surface area contributed by atoms with Crippen LogP contribution in [-0.2, 0) is 6.42 Å².